The van der Waals surface area contributed by atoms with Crippen molar-refractivity contribution in [1.29, 1.82) is 0 Å². The molecular formula is C29H39ClN2O3. The second kappa shape index (κ2) is 11.3. The second-order valence-corrected chi connectivity index (χ2v) is 11.3. The molecule has 1 heterocycles. The van der Waals surface area contributed by atoms with Crippen LogP contribution >= 0.6 is 11.6 Å². The molecule has 2 fully saturated rings. The molecule has 0 radical (unpaired) electrons. The van der Waals surface area contributed by atoms with Crippen LogP contribution in [0.5, 0.6) is 0 Å². The topological polar surface area (TPSA) is 72.2 Å². The first kappa shape index (κ1) is 25.9. The zero-order valence-electron chi connectivity index (χ0n) is 21.5. The van der Waals surface area contributed by atoms with Crippen molar-refractivity contribution in [2.45, 2.75) is 103 Å². The van der Waals surface area contributed by atoms with E-state index in [2.05, 4.69) is 24.3 Å². The number of carbonyl (C=O) groups is 2. The maximum Gasteiger partial charge on any atom is 0.225 e. The number of nitrogens with zero attached hydrogens (tertiary/aromatic N) is 1. The Morgan fingerprint density at radius 2 is 1.86 bits per heavy atom. The number of ketones is 1. The highest BCUT2D eigenvalue weighted by Gasteiger charge is 2.42. The Kier molecular flexibility index (Phi) is 8.36. The Balaban J connectivity index is 1.49. The van der Waals surface area contributed by atoms with Crippen LogP contribution in [0.4, 0.5) is 5.69 Å². The highest BCUT2D eigenvalue weighted by molar-refractivity contribution is 6.33. The van der Waals surface area contributed by atoms with Crippen molar-refractivity contribution in [2.24, 2.45) is 11.8 Å². The summed E-state index contributed by atoms with van der Waals surface area (Å²) in [7, 11) is 0. The third-order valence-electron chi connectivity index (χ3n) is 7.95. The summed E-state index contributed by atoms with van der Waals surface area (Å²) in [5.41, 5.74) is 3.64. The SMILES string of the molecule is CCC(CC)CC1CC(c2onc(C(CC(C)=O)CC(=O)Nc3ccc(C)cc3Cl)c2C2CC2)C1. The maximum atomic E-state index is 13.0. The minimum Gasteiger partial charge on any atom is -0.361 e. The van der Waals surface area contributed by atoms with Gasteiger partial charge in [0, 0.05) is 30.2 Å². The number of hydrogen-bond donors (Lipinski definition) is 1. The molecular weight excluding hydrogens is 460 g/mol. The van der Waals surface area contributed by atoms with Crippen molar-refractivity contribution < 1.29 is 14.1 Å². The number of aromatic nitrogens is 1. The van der Waals surface area contributed by atoms with Crippen LogP contribution in [-0.2, 0) is 9.59 Å². The Morgan fingerprint density at radius 3 is 2.46 bits per heavy atom. The summed E-state index contributed by atoms with van der Waals surface area (Å²) in [5.74, 6) is 3.08. The molecule has 1 aromatic carbocycles. The average Bonchev–Trinajstić information content (AvgIpc) is 3.53. The smallest absolute Gasteiger partial charge is 0.225 e. The van der Waals surface area contributed by atoms with E-state index in [0.717, 1.165) is 54.5 Å². The molecule has 1 N–H and O–H groups in total. The first-order chi connectivity index (χ1) is 16.8. The zero-order chi connectivity index (χ0) is 25.1. The molecule has 35 heavy (non-hydrogen) atoms. The maximum absolute atomic E-state index is 13.0. The van der Waals surface area contributed by atoms with E-state index in [1.54, 1.807) is 6.92 Å². The van der Waals surface area contributed by atoms with Gasteiger partial charge in [0.15, 0.2) is 0 Å². The van der Waals surface area contributed by atoms with Gasteiger partial charge >= 0.3 is 0 Å². The predicted molar refractivity (Wildman–Crippen MR) is 140 cm³/mol. The molecule has 1 amide bonds. The van der Waals surface area contributed by atoms with Gasteiger partial charge in [-0.15, -0.1) is 0 Å². The van der Waals surface area contributed by atoms with Crippen molar-refractivity contribution in [3.05, 3.63) is 45.8 Å². The first-order valence-corrected chi connectivity index (χ1v) is 13.7. The molecule has 4 rings (SSSR count). The Bertz CT molecular complexity index is 1050. The summed E-state index contributed by atoms with van der Waals surface area (Å²) in [6, 6.07) is 5.56. The standard InChI is InChI=1S/C29H39ClN2O3/c1-5-19(6-2)13-20-14-23(15-20)29-27(21-8-9-21)28(32-35-29)22(12-18(4)33)16-26(34)31-25-10-7-17(3)11-24(25)30/h7,10-11,19-23H,5-6,8-9,12-16H2,1-4H3,(H,31,34). The number of anilines is 1. The fraction of sp³-hybridized carbons (Fsp3) is 0.621. The fourth-order valence-corrected chi connectivity index (χ4v) is 5.97. The number of aryl methyl sites for hydroxylation is 1. The van der Waals surface area contributed by atoms with Crippen LogP contribution in [0.25, 0.3) is 0 Å². The molecule has 1 unspecified atom stereocenters. The Morgan fingerprint density at radius 1 is 1.14 bits per heavy atom. The first-order valence-electron chi connectivity index (χ1n) is 13.3. The average molecular weight is 499 g/mol. The molecule has 1 atom stereocenters. The number of carbonyl (C=O) groups excluding carboxylic acids is 2. The molecule has 0 spiro atoms. The van der Waals surface area contributed by atoms with Gasteiger partial charge < -0.3 is 14.6 Å². The van der Waals surface area contributed by atoms with Gasteiger partial charge in [-0.25, -0.2) is 0 Å². The van der Waals surface area contributed by atoms with E-state index >= 15 is 0 Å². The Hall–Kier alpha value is -2.14. The highest BCUT2D eigenvalue weighted by Crippen LogP contribution is 2.53. The summed E-state index contributed by atoms with van der Waals surface area (Å²) in [6.45, 7) is 8.11. The van der Waals surface area contributed by atoms with Gasteiger partial charge in [0.1, 0.15) is 11.5 Å². The number of nitrogens with one attached hydrogen (secondary N) is 1. The van der Waals surface area contributed by atoms with Gasteiger partial charge in [0.2, 0.25) is 5.91 Å². The van der Waals surface area contributed by atoms with Crippen LogP contribution in [0.15, 0.2) is 22.7 Å². The summed E-state index contributed by atoms with van der Waals surface area (Å²) < 4.78 is 5.99. The number of amides is 1. The quantitative estimate of drug-likeness (QED) is 0.322. The molecule has 2 saturated carbocycles. The molecule has 2 aromatic rings. The summed E-state index contributed by atoms with van der Waals surface area (Å²) in [6.07, 6.45) is 8.84. The van der Waals surface area contributed by atoms with Crippen molar-refractivity contribution >= 4 is 29.0 Å². The molecule has 1 aromatic heterocycles. The fourth-order valence-electron chi connectivity index (χ4n) is 5.69. The van der Waals surface area contributed by atoms with E-state index in [0.29, 0.717) is 22.5 Å². The van der Waals surface area contributed by atoms with E-state index in [9.17, 15) is 9.59 Å². The number of halogens is 1. The number of rotatable bonds is 12. The minimum absolute atomic E-state index is 0.0522. The van der Waals surface area contributed by atoms with E-state index in [4.69, 9.17) is 16.1 Å². The van der Waals surface area contributed by atoms with Crippen LogP contribution in [0.2, 0.25) is 5.02 Å². The minimum atomic E-state index is -0.287. The predicted octanol–water partition coefficient (Wildman–Crippen LogP) is 7.93. The number of benzene rings is 1. The zero-order valence-corrected chi connectivity index (χ0v) is 22.3. The summed E-state index contributed by atoms with van der Waals surface area (Å²) >= 11 is 6.31. The summed E-state index contributed by atoms with van der Waals surface area (Å²) in [4.78, 5) is 25.1. The van der Waals surface area contributed by atoms with Gasteiger partial charge in [0.05, 0.1) is 16.4 Å². The van der Waals surface area contributed by atoms with Crippen molar-refractivity contribution in [1.82, 2.24) is 5.16 Å². The summed E-state index contributed by atoms with van der Waals surface area (Å²) in [5, 5.41) is 7.94. The third kappa shape index (κ3) is 6.35. The van der Waals surface area contributed by atoms with Gasteiger partial charge in [0.25, 0.3) is 0 Å². The lowest BCUT2D eigenvalue weighted by Gasteiger charge is -2.36. The molecule has 2 aliphatic rings. The lowest BCUT2D eigenvalue weighted by atomic mass is 9.68. The number of hydrogen-bond acceptors (Lipinski definition) is 4. The van der Waals surface area contributed by atoms with Gasteiger partial charge in [-0.2, -0.15) is 0 Å². The van der Waals surface area contributed by atoms with Crippen LogP contribution in [0, 0.1) is 18.8 Å². The lowest BCUT2D eigenvalue weighted by Crippen LogP contribution is -2.24. The monoisotopic (exact) mass is 498 g/mol. The van der Waals surface area contributed by atoms with Gasteiger partial charge in [-0.05, 0) is 81.4 Å². The van der Waals surface area contributed by atoms with Crippen molar-refractivity contribution in [3.8, 4) is 0 Å². The van der Waals surface area contributed by atoms with E-state index in [1.807, 2.05) is 25.1 Å². The lowest BCUT2D eigenvalue weighted by molar-refractivity contribution is -0.118. The molecule has 5 nitrogen and oxygen atoms in total. The van der Waals surface area contributed by atoms with E-state index in [1.165, 1.54) is 24.8 Å². The van der Waals surface area contributed by atoms with Crippen LogP contribution in [0.1, 0.15) is 119 Å². The molecule has 0 aliphatic heterocycles. The van der Waals surface area contributed by atoms with Crippen molar-refractivity contribution in [2.75, 3.05) is 5.32 Å². The van der Waals surface area contributed by atoms with E-state index < -0.39 is 0 Å². The van der Waals surface area contributed by atoms with Crippen LogP contribution in [-0.4, -0.2) is 16.8 Å². The molecule has 2 aliphatic carbocycles. The molecule has 0 bridgehead atoms. The second-order valence-electron chi connectivity index (χ2n) is 10.9. The highest BCUT2D eigenvalue weighted by atomic mass is 35.5. The number of Topliss-reactive ketones (excluding diaryl/α,β-unsaturated/α-hetero) is 1. The molecule has 6 heteroatoms. The van der Waals surface area contributed by atoms with Crippen molar-refractivity contribution in [3.63, 3.8) is 0 Å². The van der Waals surface area contributed by atoms with E-state index in [-0.39, 0.29) is 30.4 Å². The van der Waals surface area contributed by atoms with Crippen LogP contribution < -0.4 is 5.32 Å². The largest absolute Gasteiger partial charge is 0.361 e. The van der Waals surface area contributed by atoms with Gasteiger partial charge in [-0.1, -0.05) is 49.5 Å². The normalized spacial score (nSPS) is 20.5. The van der Waals surface area contributed by atoms with Crippen LogP contribution in [0.3, 0.4) is 0 Å². The van der Waals surface area contributed by atoms with Gasteiger partial charge in [-0.3, -0.25) is 4.79 Å². The molecule has 190 valence electrons. The molecule has 0 saturated heterocycles. The third-order valence-corrected chi connectivity index (χ3v) is 8.26. The Labute approximate surface area is 214 Å².